The van der Waals surface area contributed by atoms with Crippen LogP contribution in [0.3, 0.4) is 0 Å². The zero-order valence-corrected chi connectivity index (χ0v) is 15.8. The molecule has 1 fully saturated rings. The number of nitrogens with zero attached hydrogens (tertiary/aromatic N) is 4. The van der Waals surface area contributed by atoms with Gasteiger partial charge in [-0.1, -0.05) is 0 Å². The third-order valence-electron chi connectivity index (χ3n) is 4.00. The number of rotatable bonds is 3. The van der Waals surface area contributed by atoms with Crippen LogP contribution in [0.2, 0.25) is 0 Å². The fourth-order valence-electron chi connectivity index (χ4n) is 2.80. The van der Waals surface area contributed by atoms with Crippen molar-refractivity contribution in [3.8, 4) is 5.88 Å². The first kappa shape index (κ1) is 21.1. The second-order valence-electron chi connectivity index (χ2n) is 7.73. The van der Waals surface area contributed by atoms with Crippen LogP contribution in [0.25, 0.3) is 10.9 Å². The van der Waals surface area contributed by atoms with Crippen LogP contribution < -0.4 is 4.74 Å². The second-order valence-corrected chi connectivity index (χ2v) is 7.73. The SMILES string of the molecule is CC(C)(C)OC(=O)N1C[C@H](Oc2cc3c(cn2)cnn3CC(F)(F)F)C(F)(F)C1. The Labute approximate surface area is 162 Å². The van der Waals surface area contributed by atoms with Crippen molar-refractivity contribution in [1.82, 2.24) is 19.7 Å². The molecule has 1 saturated heterocycles. The van der Waals surface area contributed by atoms with E-state index in [9.17, 15) is 26.7 Å². The monoisotopic (exact) mass is 422 g/mol. The number of alkyl halides is 5. The molecule has 2 aromatic heterocycles. The van der Waals surface area contributed by atoms with Crippen molar-refractivity contribution in [3.63, 3.8) is 0 Å². The minimum Gasteiger partial charge on any atom is -0.466 e. The molecule has 1 aliphatic rings. The van der Waals surface area contributed by atoms with E-state index in [1.54, 1.807) is 20.8 Å². The molecule has 1 aliphatic heterocycles. The summed E-state index contributed by atoms with van der Waals surface area (Å²) in [6.45, 7) is 2.12. The van der Waals surface area contributed by atoms with Crippen molar-refractivity contribution in [2.24, 2.45) is 0 Å². The highest BCUT2D eigenvalue weighted by atomic mass is 19.4. The molecule has 0 aliphatic carbocycles. The van der Waals surface area contributed by atoms with Crippen molar-refractivity contribution in [3.05, 3.63) is 18.5 Å². The Kier molecular flexibility index (Phi) is 5.08. The third-order valence-corrected chi connectivity index (χ3v) is 4.00. The molecule has 0 bridgehead atoms. The largest absolute Gasteiger partial charge is 0.466 e. The van der Waals surface area contributed by atoms with Gasteiger partial charge in [-0.2, -0.15) is 18.3 Å². The van der Waals surface area contributed by atoms with Gasteiger partial charge in [0.15, 0.2) is 6.10 Å². The van der Waals surface area contributed by atoms with Gasteiger partial charge in [0.25, 0.3) is 0 Å². The second kappa shape index (κ2) is 6.99. The number of likely N-dealkylation sites (tertiary alicyclic amines) is 1. The van der Waals surface area contributed by atoms with Gasteiger partial charge in [0.1, 0.15) is 12.1 Å². The summed E-state index contributed by atoms with van der Waals surface area (Å²) >= 11 is 0. The van der Waals surface area contributed by atoms with E-state index in [2.05, 4.69) is 10.1 Å². The molecular formula is C17H19F5N4O3. The summed E-state index contributed by atoms with van der Waals surface area (Å²) < 4.78 is 77.6. The zero-order valence-electron chi connectivity index (χ0n) is 15.8. The van der Waals surface area contributed by atoms with Gasteiger partial charge in [-0.3, -0.25) is 9.58 Å². The lowest BCUT2D eigenvalue weighted by molar-refractivity contribution is -0.141. The molecule has 1 atom stereocenters. The van der Waals surface area contributed by atoms with Crippen molar-refractivity contribution in [2.45, 2.75) is 51.1 Å². The average molecular weight is 422 g/mol. The Morgan fingerprint density at radius 3 is 2.59 bits per heavy atom. The Morgan fingerprint density at radius 1 is 1.28 bits per heavy atom. The number of pyridine rings is 1. The standard InChI is InChI=1S/C17H19F5N4O3/c1-15(2,3)29-14(27)25-7-12(16(18,19)8-25)28-13-4-11-10(5-23-13)6-24-26(11)9-17(20,21)22/h4-6,12H,7-9H2,1-3H3/t12-/m0/s1. The summed E-state index contributed by atoms with van der Waals surface area (Å²) in [5.74, 6) is -3.68. The third kappa shape index (κ3) is 5.04. The number of amides is 1. The van der Waals surface area contributed by atoms with Crippen LogP contribution in [0.5, 0.6) is 5.88 Å². The summed E-state index contributed by atoms with van der Waals surface area (Å²) in [6, 6.07) is 1.11. The summed E-state index contributed by atoms with van der Waals surface area (Å²) in [5.41, 5.74) is -0.813. The van der Waals surface area contributed by atoms with Gasteiger partial charge in [-0.05, 0) is 20.8 Å². The van der Waals surface area contributed by atoms with Crippen molar-refractivity contribution < 1.29 is 36.2 Å². The van der Waals surface area contributed by atoms with E-state index in [0.29, 0.717) is 10.1 Å². The summed E-state index contributed by atoms with van der Waals surface area (Å²) in [7, 11) is 0. The maximum atomic E-state index is 14.3. The highest BCUT2D eigenvalue weighted by Crippen LogP contribution is 2.32. The number of hydrogen-bond acceptors (Lipinski definition) is 5. The normalized spacial score (nSPS) is 19.6. The molecule has 3 heterocycles. The molecule has 0 unspecified atom stereocenters. The highest BCUT2D eigenvalue weighted by molar-refractivity contribution is 5.78. The number of carbonyl (C=O) groups excluding carboxylic acids is 1. The molecular weight excluding hydrogens is 403 g/mol. The fraction of sp³-hybridized carbons (Fsp3) is 0.588. The predicted molar refractivity (Wildman–Crippen MR) is 90.8 cm³/mol. The first-order valence-corrected chi connectivity index (χ1v) is 8.64. The van der Waals surface area contributed by atoms with E-state index in [0.717, 1.165) is 11.0 Å². The van der Waals surface area contributed by atoms with Crippen LogP contribution in [-0.2, 0) is 11.3 Å². The summed E-state index contributed by atoms with van der Waals surface area (Å²) in [4.78, 5) is 16.7. The number of ether oxygens (including phenoxy) is 2. The van der Waals surface area contributed by atoms with Crippen LogP contribution in [0, 0.1) is 0 Å². The number of fused-ring (bicyclic) bond motifs is 1. The molecule has 2 aromatic rings. The molecule has 160 valence electrons. The molecule has 0 saturated carbocycles. The van der Waals surface area contributed by atoms with E-state index in [-0.39, 0.29) is 11.4 Å². The van der Waals surface area contributed by atoms with E-state index in [1.807, 2.05) is 0 Å². The van der Waals surface area contributed by atoms with Crippen LogP contribution >= 0.6 is 0 Å². The minimum absolute atomic E-state index is 0.0395. The molecule has 7 nitrogen and oxygen atoms in total. The van der Waals surface area contributed by atoms with Crippen LogP contribution in [0.1, 0.15) is 20.8 Å². The Hall–Kier alpha value is -2.66. The van der Waals surface area contributed by atoms with E-state index in [1.165, 1.54) is 12.4 Å². The maximum absolute atomic E-state index is 14.3. The molecule has 0 aromatic carbocycles. The zero-order chi connectivity index (χ0) is 21.6. The molecule has 3 rings (SSSR count). The first-order chi connectivity index (χ1) is 13.2. The average Bonchev–Trinajstić information content (AvgIpc) is 3.05. The predicted octanol–water partition coefficient (Wildman–Crippen LogP) is 3.63. The molecule has 0 spiro atoms. The van der Waals surface area contributed by atoms with Gasteiger partial charge < -0.3 is 9.47 Å². The van der Waals surface area contributed by atoms with Crippen molar-refractivity contribution >= 4 is 17.0 Å². The number of halogens is 5. The lowest BCUT2D eigenvalue weighted by Crippen LogP contribution is -2.36. The Morgan fingerprint density at radius 2 is 1.97 bits per heavy atom. The van der Waals surface area contributed by atoms with E-state index >= 15 is 0 Å². The molecule has 29 heavy (non-hydrogen) atoms. The number of carbonyl (C=O) groups is 1. The quantitative estimate of drug-likeness (QED) is 0.707. The molecule has 1 amide bonds. The topological polar surface area (TPSA) is 69.5 Å². The highest BCUT2D eigenvalue weighted by Gasteiger charge is 2.52. The van der Waals surface area contributed by atoms with Crippen LogP contribution in [-0.4, -0.2) is 62.7 Å². The Balaban J connectivity index is 1.77. The molecule has 0 N–H and O–H groups in total. The molecule has 12 heteroatoms. The summed E-state index contributed by atoms with van der Waals surface area (Å²) in [5, 5.41) is 3.94. The van der Waals surface area contributed by atoms with Gasteiger partial charge in [0.05, 0.1) is 24.8 Å². The fourth-order valence-corrected chi connectivity index (χ4v) is 2.80. The van der Waals surface area contributed by atoms with Gasteiger partial charge >= 0.3 is 18.2 Å². The van der Waals surface area contributed by atoms with Crippen molar-refractivity contribution in [2.75, 3.05) is 13.1 Å². The van der Waals surface area contributed by atoms with E-state index in [4.69, 9.17) is 9.47 Å². The van der Waals surface area contributed by atoms with Gasteiger partial charge in [-0.25, -0.2) is 18.6 Å². The molecule has 0 radical (unpaired) electrons. The Bertz CT molecular complexity index is 907. The van der Waals surface area contributed by atoms with Gasteiger partial charge in [0, 0.05) is 17.6 Å². The van der Waals surface area contributed by atoms with Crippen molar-refractivity contribution in [1.29, 1.82) is 0 Å². The summed E-state index contributed by atoms with van der Waals surface area (Å²) in [6.07, 6.45) is -4.76. The van der Waals surface area contributed by atoms with Gasteiger partial charge in [-0.15, -0.1) is 0 Å². The lowest BCUT2D eigenvalue weighted by atomic mass is 10.2. The smallest absolute Gasteiger partial charge is 0.410 e. The first-order valence-electron chi connectivity index (χ1n) is 8.64. The minimum atomic E-state index is -4.50. The number of aromatic nitrogens is 3. The van der Waals surface area contributed by atoms with E-state index < -0.39 is 49.5 Å². The number of hydrogen-bond donors (Lipinski definition) is 0. The van der Waals surface area contributed by atoms with Crippen LogP contribution in [0.15, 0.2) is 18.5 Å². The lowest BCUT2D eigenvalue weighted by Gasteiger charge is -2.24. The van der Waals surface area contributed by atoms with Gasteiger partial charge in [0.2, 0.25) is 5.88 Å². The maximum Gasteiger partial charge on any atom is 0.410 e. The van der Waals surface area contributed by atoms with Crippen LogP contribution in [0.4, 0.5) is 26.7 Å².